The number of unbranched alkanes of at least 4 members (excludes halogenated alkanes) is 4. The molecule has 0 amide bonds. The summed E-state index contributed by atoms with van der Waals surface area (Å²) >= 11 is 1.58. The number of nitrogens with one attached hydrogen (secondary N) is 1. The molecular formula is C15H29N3S. The van der Waals surface area contributed by atoms with Crippen LogP contribution in [0.4, 0.5) is 0 Å². The highest BCUT2D eigenvalue weighted by Crippen LogP contribution is 2.26. The third-order valence-corrected chi connectivity index (χ3v) is 4.32. The Labute approximate surface area is 122 Å². The molecule has 0 aliphatic heterocycles. The second-order valence-corrected chi connectivity index (χ2v) is 5.93. The highest BCUT2D eigenvalue weighted by Gasteiger charge is 2.17. The van der Waals surface area contributed by atoms with E-state index in [1.54, 1.807) is 11.5 Å². The van der Waals surface area contributed by atoms with E-state index in [2.05, 4.69) is 35.7 Å². The van der Waals surface area contributed by atoms with Crippen molar-refractivity contribution in [3.8, 4) is 0 Å². The Kier molecular flexibility index (Phi) is 9.01. The van der Waals surface area contributed by atoms with E-state index in [1.807, 2.05) is 0 Å². The van der Waals surface area contributed by atoms with Crippen LogP contribution in [0.5, 0.6) is 0 Å². The molecule has 4 heteroatoms. The molecule has 1 rings (SSSR count). The fraction of sp³-hybridized carbons (Fsp3) is 0.867. The number of hydrogen-bond donors (Lipinski definition) is 1. The first-order chi connectivity index (χ1) is 9.33. The van der Waals surface area contributed by atoms with E-state index in [0.29, 0.717) is 6.04 Å². The van der Waals surface area contributed by atoms with Gasteiger partial charge in [-0.2, -0.15) is 0 Å². The fourth-order valence-corrected chi connectivity index (χ4v) is 3.22. The van der Waals surface area contributed by atoms with Crippen molar-refractivity contribution in [2.75, 3.05) is 6.54 Å². The van der Waals surface area contributed by atoms with Gasteiger partial charge in [0.1, 0.15) is 0 Å². The zero-order chi connectivity index (χ0) is 13.9. The van der Waals surface area contributed by atoms with Crippen LogP contribution in [-0.4, -0.2) is 16.1 Å². The molecule has 1 unspecified atom stereocenters. The van der Waals surface area contributed by atoms with E-state index in [4.69, 9.17) is 0 Å². The molecule has 1 heterocycles. The van der Waals surface area contributed by atoms with Gasteiger partial charge in [-0.25, -0.2) is 0 Å². The second kappa shape index (κ2) is 10.3. The summed E-state index contributed by atoms with van der Waals surface area (Å²) in [6.45, 7) is 7.67. The van der Waals surface area contributed by atoms with Gasteiger partial charge in [0.05, 0.1) is 10.6 Å². The first kappa shape index (κ1) is 16.6. The molecule has 1 aromatic rings. The van der Waals surface area contributed by atoms with Crippen molar-refractivity contribution in [2.24, 2.45) is 0 Å². The van der Waals surface area contributed by atoms with Crippen molar-refractivity contribution >= 4 is 11.5 Å². The Hall–Kier alpha value is -0.480. The Morgan fingerprint density at radius 1 is 1.05 bits per heavy atom. The maximum absolute atomic E-state index is 4.30. The van der Waals surface area contributed by atoms with Gasteiger partial charge in [-0.05, 0) is 30.9 Å². The minimum absolute atomic E-state index is 0.466. The summed E-state index contributed by atoms with van der Waals surface area (Å²) < 4.78 is 4.15. The number of nitrogens with zero attached hydrogens (tertiary/aromatic N) is 2. The Morgan fingerprint density at radius 2 is 1.84 bits per heavy atom. The molecule has 0 spiro atoms. The van der Waals surface area contributed by atoms with Gasteiger partial charge in [-0.1, -0.05) is 63.8 Å². The van der Waals surface area contributed by atoms with E-state index in [9.17, 15) is 0 Å². The van der Waals surface area contributed by atoms with Crippen LogP contribution in [0.15, 0.2) is 0 Å². The highest BCUT2D eigenvalue weighted by atomic mass is 32.1. The number of aromatic nitrogens is 2. The van der Waals surface area contributed by atoms with Crippen LogP contribution in [-0.2, 0) is 6.42 Å². The summed E-state index contributed by atoms with van der Waals surface area (Å²) in [5.41, 5.74) is 1.21. The zero-order valence-electron chi connectivity index (χ0n) is 12.7. The lowest BCUT2D eigenvalue weighted by atomic mass is 10.0. The molecule has 0 aromatic carbocycles. The van der Waals surface area contributed by atoms with Gasteiger partial charge in [-0.3, -0.25) is 0 Å². The van der Waals surface area contributed by atoms with Crippen molar-refractivity contribution in [1.82, 2.24) is 14.9 Å². The summed E-state index contributed by atoms with van der Waals surface area (Å²) in [4.78, 5) is 1.37. The topological polar surface area (TPSA) is 37.8 Å². The molecular weight excluding hydrogens is 254 g/mol. The quantitative estimate of drug-likeness (QED) is 0.608. The molecule has 0 saturated carbocycles. The molecule has 3 nitrogen and oxygen atoms in total. The van der Waals surface area contributed by atoms with Crippen LogP contribution in [0.25, 0.3) is 0 Å². The van der Waals surface area contributed by atoms with E-state index in [1.165, 1.54) is 49.1 Å². The maximum Gasteiger partial charge on any atom is 0.0803 e. The monoisotopic (exact) mass is 283 g/mol. The normalized spacial score (nSPS) is 12.8. The van der Waals surface area contributed by atoms with Gasteiger partial charge in [0.25, 0.3) is 0 Å². The largest absolute Gasteiger partial charge is 0.309 e. The lowest BCUT2D eigenvalue weighted by Gasteiger charge is -2.17. The van der Waals surface area contributed by atoms with E-state index in [-0.39, 0.29) is 0 Å². The predicted octanol–water partition coefficient (Wildman–Crippen LogP) is 4.50. The van der Waals surface area contributed by atoms with Crippen LogP contribution in [0.1, 0.15) is 82.3 Å². The number of rotatable bonds is 11. The predicted molar refractivity (Wildman–Crippen MR) is 83.7 cm³/mol. The molecule has 0 radical (unpaired) electrons. The van der Waals surface area contributed by atoms with Gasteiger partial charge < -0.3 is 5.32 Å². The Morgan fingerprint density at radius 3 is 2.53 bits per heavy atom. The fourth-order valence-electron chi connectivity index (χ4n) is 2.41. The van der Waals surface area contributed by atoms with Crippen LogP contribution >= 0.6 is 11.5 Å². The van der Waals surface area contributed by atoms with E-state index >= 15 is 0 Å². The average molecular weight is 283 g/mol. The van der Waals surface area contributed by atoms with Crippen molar-refractivity contribution < 1.29 is 0 Å². The van der Waals surface area contributed by atoms with Gasteiger partial charge in [0.2, 0.25) is 0 Å². The first-order valence-electron chi connectivity index (χ1n) is 7.87. The van der Waals surface area contributed by atoms with Crippen LogP contribution < -0.4 is 5.32 Å². The summed E-state index contributed by atoms with van der Waals surface area (Å²) in [5, 5.41) is 7.90. The molecule has 110 valence electrons. The first-order valence-corrected chi connectivity index (χ1v) is 8.65. The molecule has 19 heavy (non-hydrogen) atoms. The number of aryl methyl sites for hydroxylation is 1. The Balaban J connectivity index is 2.48. The SMILES string of the molecule is CCCCCCCC(NCC)c1snnc1CCC. The van der Waals surface area contributed by atoms with Crippen molar-refractivity contribution in [3.05, 3.63) is 10.6 Å². The van der Waals surface area contributed by atoms with Gasteiger partial charge >= 0.3 is 0 Å². The van der Waals surface area contributed by atoms with Crippen LogP contribution in [0.2, 0.25) is 0 Å². The minimum Gasteiger partial charge on any atom is -0.309 e. The summed E-state index contributed by atoms with van der Waals surface area (Å²) in [7, 11) is 0. The van der Waals surface area contributed by atoms with Crippen molar-refractivity contribution in [2.45, 2.75) is 78.2 Å². The van der Waals surface area contributed by atoms with Crippen molar-refractivity contribution in [3.63, 3.8) is 0 Å². The molecule has 1 N–H and O–H groups in total. The Bertz CT molecular complexity index is 325. The summed E-state index contributed by atoms with van der Waals surface area (Å²) in [6, 6.07) is 0.466. The smallest absolute Gasteiger partial charge is 0.0803 e. The molecule has 1 aromatic heterocycles. The van der Waals surface area contributed by atoms with E-state index < -0.39 is 0 Å². The summed E-state index contributed by atoms with van der Waals surface area (Å²) in [6.07, 6.45) is 10.1. The summed E-state index contributed by atoms with van der Waals surface area (Å²) in [5.74, 6) is 0. The molecule has 0 bridgehead atoms. The molecule has 0 aliphatic carbocycles. The van der Waals surface area contributed by atoms with Gasteiger partial charge in [0, 0.05) is 6.04 Å². The molecule has 0 saturated heterocycles. The minimum atomic E-state index is 0.466. The highest BCUT2D eigenvalue weighted by molar-refractivity contribution is 7.05. The number of hydrogen-bond acceptors (Lipinski definition) is 4. The molecule has 0 aliphatic rings. The lowest BCUT2D eigenvalue weighted by Crippen LogP contribution is -2.21. The standard InChI is InChI=1S/C15H29N3S/c1-4-7-8-9-10-12-13(16-6-3)15-14(11-5-2)17-18-19-15/h13,16H,4-12H2,1-3H3. The third-order valence-electron chi connectivity index (χ3n) is 3.44. The van der Waals surface area contributed by atoms with Crippen LogP contribution in [0, 0.1) is 0 Å². The zero-order valence-corrected chi connectivity index (χ0v) is 13.6. The molecule has 0 fully saturated rings. The maximum atomic E-state index is 4.30. The second-order valence-electron chi connectivity index (χ2n) is 5.15. The third kappa shape index (κ3) is 6.00. The van der Waals surface area contributed by atoms with Crippen LogP contribution in [0.3, 0.4) is 0 Å². The average Bonchev–Trinajstić information content (AvgIpc) is 2.86. The van der Waals surface area contributed by atoms with Gasteiger partial charge in [-0.15, -0.1) is 5.10 Å². The molecule has 1 atom stereocenters. The van der Waals surface area contributed by atoms with Crippen molar-refractivity contribution in [1.29, 1.82) is 0 Å². The van der Waals surface area contributed by atoms with Gasteiger partial charge in [0.15, 0.2) is 0 Å². The lowest BCUT2D eigenvalue weighted by molar-refractivity contribution is 0.481. The van der Waals surface area contributed by atoms with E-state index in [0.717, 1.165) is 19.4 Å².